The topological polar surface area (TPSA) is 38.8 Å². The van der Waals surface area contributed by atoms with Crippen LogP contribution in [0, 0.1) is 0 Å². The summed E-state index contributed by atoms with van der Waals surface area (Å²) in [6, 6.07) is 3.16. The lowest BCUT2D eigenvalue weighted by atomic mass is 10.2. The maximum absolute atomic E-state index is 11.8. The van der Waals surface area contributed by atoms with E-state index < -0.39 is 6.09 Å². The van der Waals surface area contributed by atoms with Crippen molar-refractivity contribution in [3.63, 3.8) is 0 Å². The fourth-order valence-corrected chi connectivity index (χ4v) is 1.80. The highest BCUT2D eigenvalue weighted by Crippen LogP contribution is 2.36. The number of carbonyl (C=O) groups is 1. The van der Waals surface area contributed by atoms with E-state index in [1.54, 1.807) is 19.1 Å². The van der Waals surface area contributed by atoms with Gasteiger partial charge in [-0.2, -0.15) is 0 Å². The van der Waals surface area contributed by atoms with Gasteiger partial charge in [0.05, 0.1) is 29.4 Å². The predicted molar refractivity (Wildman–Crippen MR) is 73.1 cm³/mol. The van der Waals surface area contributed by atoms with Gasteiger partial charge in [-0.15, -0.1) is 0 Å². The molecule has 0 unspecified atom stereocenters. The monoisotopic (exact) mass is 291 g/mol. The number of ether oxygens (including phenoxy) is 2. The molecule has 18 heavy (non-hydrogen) atoms. The largest absolute Gasteiger partial charge is 0.495 e. The molecule has 0 atom stereocenters. The lowest BCUT2D eigenvalue weighted by Crippen LogP contribution is -2.31. The molecule has 0 heterocycles. The molecule has 4 nitrogen and oxygen atoms in total. The van der Waals surface area contributed by atoms with E-state index >= 15 is 0 Å². The number of halogens is 2. The molecule has 1 aromatic carbocycles. The van der Waals surface area contributed by atoms with Gasteiger partial charge in [0.15, 0.2) is 0 Å². The van der Waals surface area contributed by atoms with Crippen molar-refractivity contribution in [3.05, 3.63) is 22.2 Å². The minimum absolute atomic E-state index is 0.305. The van der Waals surface area contributed by atoms with Gasteiger partial charge in [-0.1, -0.05) is 23.2 Å². The first-order chi connectivity index (χ1) is 8.54. The van der Waals surface area contributed by atoms with E-state index in [2.05, 4.69) is 0 Å². The van der Waals surface area contributed by atoms with Crippen molar-refractivity contribution in [3.8, 4) is 5.75 Å². The van der Waals surface area contributed by atoms with Crippen molar-refractivity contribution in [1.29, 1.82) is 0 Å². The molecule has 1 rings (SSSR count). The Hall–Kier alpha value is -1.13. The summed E-state index contributed by atoms with van der Waals surface area (Å²) < 4.78 is 10.2. The van der Waals surface area contributed by atoms with Gasteiger partial charge in [0.2, 0.25) is 0 Å². The molecule has 100 valence electrons. The molecule has 0 bridgehead atoms. The summed E-state index contributed by atoms with van der Waals surface area (Å²) in [7, 11) is 1.50. The summed E-state index contributed by atoms with van der Waals surface area (Å²) in [6.07, 6.45) is -0.448. The fraction of sp³-hybridized carbons (Fsp3) is 0.417. The SMILES string of the molecule is CCOC(=O)N(CC)c1cc(Cl)c(Cl)cc1OC. The van der Waals surface area contributed by atoms with Crippen LogP contribution in [0.3, 0.4) is 0 Å². The van der Waals surface area contributed by atoms with Crippen molar-refractivity contribution in [2.45, 2.75) is 13.8 Å². The van der Waals surface area contributed by atoms with Crippen LogP contribution in [-0.4, -0.2) is 26.4 Å². The van der Waals surface area contributed by atoms with Gasteiger partial charge in [-0.25, -0.2) is 4.79 Å². The van der Waals surface area contributed by atoms with E-state index in [0.29, 0.717) is 34.6 Å². The molecule has 0 aliphatic rings. The molecule has 6 heteroatoms. The molecular formula is C12H15Cl2NO3. The maximum atomic E-state index is 11.8. The van der Waals surface area contributed by atoms with Gasteiger partial charge in [-0.3, -0.25) is 4.90 Å². The van der Waals surface area contributed by atoms with Crippen LogP contribution in [0.15, 0.2) is 12.1 Å². The van der Waals surface area contributed by atoms with E-state index in [1.807, 2.05) is 6.92 Å². The second kappa shape index (κ2) is 6.71. The Morgan fingerprint density at radius 2 is 1.89 bits per heavy atom. The predicted octanol–water partition coefficient (Wildman–Crippen LogP) is 3.98. The zero-order valence-corrected chi connectivity index (χ0v) is 12.0. The van der Waals surface area contributed by atoms with Gasteiger partial charge >= 0.3 is 6.09 Å². The molecule has 0 aliphatic heterocycles. The summed E-state index contributed by atoms with van der Waals surface area (Å²) >= 11 is 11.9. The lowest BCUT2D eigenvalue weighted by molar-refractivity contribution is 0.160. The molecule has 0 fully saturated rings. The van der Waals surface area contributed by atoms with Crippen LogP contribution < -0.4 is 9.64 Å². The molecule has 0 saturated heterocycles. The van der Waals surface area contributed by atoms with Gasteiger partial charge in [0.25, 0.3) is 0 Å². The Morgan fingerprint density at radius 3 is 2.39 bits per heavy atom. The minimum Gasteiger partial charge on any atom is -0.495 e. The van der Waals surface area contributed by atoms with Gasteiger partial charge in [0.1, 0.15) is 5.75 Å². The number of hydrogen-bond acceptors (Lipinski definition) is 3. The van der Waals surface area contributed by atoms with E-state index in [4.69, 9.17) is 32.7 Å². The smallest absolute Gasteiger partial charge is 0.414 e. The summed E-state index contributed by atoms with van der Waals surface area (Å²) in [4.78, 5) is 13.2. The Bertz CT molecular complexity index is 438. The van der Waals surface area contributed by atoms with E-state index in [1.165, 1.54) is 12.0 Å². The number of rotatable bonds is 4. The standard InChI is InChI=1S/C12H15Cl2NO3/c1-4-15(12(16)18-5-2)10-6-8(13)9(14)7-11(10)17-3/h6-7H,4-5H2,1-3H3. The van der Waals surface area contributed by atoms with Crippen molar-refractivity contribution >= 4 is 35.0 Å². The zero-order chi connectivity index (χ0) is 13.7. The second-order valence-electron chi connectivity index (χ2n) is 3.38. The Labute approximate surface area is 116 Å². The number of hydrogen-bond donors (Lipinski definition) is 0. The van der Waals surface area contributed by atoms with Crippen molar-refractivity contribution in [2.75, 3.05) is 25.2 Å². The third-order valence-corrected chi connectivity index (χ3v) is 3.04. The summed E-state index contributed by atoms with van der Waals surface area (Å²) in [5.74, 6) is 0.472. The highest BCUT2D eigenvalue weighted by molar-refractivity contribution is 6.42. The van der Waals surface area contributed by atoms with Crippen LogP contribution in [0.5, 0.6) is 5.75 Å². The number of benzene rings is 1. The van der Waals surface area contributed by atoms with Crippen molar-refractivity contribution < 1.29 is 14.3 Å². The Morgan fingerprint density at radius 1 is 1.28 bits per heavy atom. The number of amides is 1. The molecule has 0 N–H and O–H groups in total. The first-order valence-corrected chi connectivity index (χ1v) is 6.28. The molecule has 0 aliphatic carbocycles. The van der Waals surface area contributed by atoms with Gasteiger partial charge < -0.3 is 9.47 Å². The maximum Gasteiger partial charge on any atom is 0.414 e. The summed E-state index contributed by atoms with van der Waals surface area (Å²) in [5.41, 5.74) is 0.535. The highest BCUT2D eigenvalue weighted by Gasteiger charge is 2.20. The Balaban J connectivity index is 3.19. The zero-order valence-electron chi connectivity index (χ0n) is 10.5. The number of nitrogens with zero attached hydrogens (tertiary/aromatic N) is 1. The lowest BCUT2D eigenvalue weighted by Gasteiger charge is -2.22. The molecule has 0 radical (unpaired) electrons. The van der Waals surface area contributed by atoms with Crippen molar-refractivity contribution in [2.24, 2.45) is 0 Å². The Kier molecular flexibility index (Phi) is 5.56. The first kappa shape index (κ1) is 14.9. The van der Waals surface area contributed by atoms with Crippen molar-refractivity contribution in [1.82, 2.24) is 0 Å². The van der Waals surface area contributed by atoms with Crippen LogP contribution in [0.25, 0.3) is 0 Å². The molecular weight excluding hydrogens is 277 g/mol. The highest BCUT2D eigenvalue weighted by atomic mass is 35.5. The first-order valence-electron chi connectivity index (χ1n) is 5.52. The fourth-order valence-electron chi connectivity index (χ4n) is 1.49. The molecule has 0 saturated carbocycles. The normalized spacial score (nSPS) is 10.1. The molecule has 1 aromatic rings. The van der Waals surface area contributed by atoms with Gasteiger partial charge in [0, 0.05) is 12.6 Å². The number of anilines is 1. The minimum atomic E-state index is -0.448. The van der Waals surface area contributed by atoms with E-state index in [9.17, 15) is 4.79 Å². The van der Waals surface area contributed by atoms with Gasteiger partial charge in [-0.05, 0) is 19.9 Å². The van der Waals surface area contributed by atoms with Crippen LogP contribution in [-0.2, 0) is 4.74 Å². The van der Waals surface area contributed by atoms with E-state index in [-0.39, 0.29) is 0 Å². The molecule has 1 amide bonds. The van der Waals surface area contributed by atoms with Crippen LogP contribution in [0.1, 0.15) is 13.8 Å². The number of carbonyl (C=O) groups excluding carboxylic acids is 1. The van der Waals surface area contributed by atoms with E-state index in [0.717, 1.165) is 0 Å². The quantitative estimate of drug-likeness (QED) is 0.842. The van der Waals surface area contributed by atoms with Crippen LogP contribution >= 0.6 is 23.2 Å². The molecule has 0 spiro atoms. The summed E-state index contributed by atoms with van der Waals surface area (Å²) in [5, 5.41) is 0.729. The number of methoxy groups -OCH3 is 1. The average molecular weight is 292 g/mol. The van der Waals surface area contributed by atoms with Crippen LogP contribution in [0.2, 0.25) is 10.0 Å². The third kappa shape index (κ3) is 3.21. The average Bonchev–Trinajstić information content (AvgIpc) is 2.34. The second-order valence-corrected chi connectivity index (χ2v) is 4.20. The van der Waals surface area contributed by atoms with Crippen LogP contribution in [0.4, 0.5) is 10.5 Å². The molecule has 0 aromatic heterocycles. The third-order valence-electron chi connectivity index (χ3n) is 2.32. The summed E-state index contributed by atoms with van der Waals surface area (Å²) in [6.45, 7) is 4.32.